The van der Waals surface area contributed by atoms with Crippen LogP contribution in [0.4, 0.5) is 0 Å². The first-order valence-corrected chi connectivity index (χ1v) is 8.28. The number of nitrogens with two attached hydrogens (primary N) is 1. The Morgan fingerprint density at radius 2 is 2.00 bits per heavy atom. The number of nitrogens with one attached hydrogen (secondary N) is 1. The molecule has 106 valence electrons. The predicted molar refractivity (Wildman–Crippen MR) is 79.3 cm³/mol. The highest BCUT2D eigenvalue weighted by molar-refractivity contribution is 9.10. The Balaban J connectivity index is 1.72. The number of rotatable bonds is 3. The van der Waals surface area contributed by atoms with Gasteiger partial charge >= 0.3 is 0 Å². The minimum absolute atomic E-state index is 0.146. The fourth-order valence-electron chi connectivity index (χ4n) is 4.17. The summed E-state index contributed by atoms with van der Waals surface area (Å²) in [5.74, 6) is 9.25. The molecule has 0 bridgehead atoms. The number of fused-ring (bicyclic) bond motifs is 1. The van der Waals surface area contributed by atoms with Crippen LogP contribution in [0.15, 0.2) is 21.2 Å². The summed E-state index contributed by atoms with van der Waals surface area (Å²) in [5, 5.41) is 0. The third kappa shape index (κ3) is 2.76. The first-order valence-electron chi connectivity index (χ1n) is 7.48. The van der Waals surface area contributed by atoms with Gasteiger partial charge in [-0.2, -0.15) is 0 Å². The summed E-state index contributed by atoms with van der Waals surface area (Å²) in [6, 6.07) is 2.10. The number of hydrogen-bond donors (Lipinski definition) is 2. The second-order valence-corrected chi connectivity index (χ2v) is 7.01. The molecule has 0 aliphatic heterocycles. The van der Waals surface area contributed by atoms with Gasteiger partial charge in [0.15, 0.2) is 0 Å². The molecule has 3 N–H and O–H groups in total. The molecule has 0 spiro atoms. The maximum absolute atomic E-state index is 5.80. The molecule has 4 unspecified atom stereocenters. The van der Waals surface area contributed by atoms with E-state index in [1.54, 1.807) is 6.26 Å². The molecule has 0 saturated heterocycles. The first kappa shape index (κ1) is 13.7. The van der Waals surface area contributed by atoms with Crippen LogP contribution in [0.1, 0.15) is 56.7 Å². The van der Waals surface area contributed by atoms with Crippen LogP contribution in [-0.4, -0.2) is 0 Å². The van der Waals surface area contributed by atoms with Crippen LogP contribution in [0.25, 0.3) is 0 Å². The molecule has 2 aliphatic rings. The maximum atomic E-state index is 5.80. The van der Waals surface area contributed by atoms with Crippen LogP contribution in [0.3, 0.4) is 0 Å². The van der Waals surface area contributed by atoms with Crippen molar-refractivity contribution >= 4 is 15.9 Å². The molecule has 0 amide bonds. The quantitative estimate of drug-likeness (QED) is 0.648. The van der Waals surface area contributed by atoms with E-state index in [0.717, 1.165) is 22.1 Å². The van der Waals surface area contributed by atoms with Crippen LogP contribution in [0.5, 0.6) is 0 Å². The SMILES string of the molecule is NNC(c1occc1Br)C1CCC2CCCCC2C1. The Morgan fingerprint density at radius 3 is 2.68 bits per heavy atom. The highest BCUT2D eigenvalue weighted by Gasteiger charge is 2.37. The molecule has 1 aromatic rings. The fraction of sp³-hybridized carbons (Fsp3) is 0.733. The lowest BCUT2D eigenvalue weighted by Crippen LogP contribution is -2.38. The Morgan fingerprint density at radius 1 is 1.21 bits per heavy atom. The number of halogens is 1. The van der Waals surface area contributed by atoms with E-state index in [1.807, 2.05) is 6.07 Å². The Hall–Kier alpha value is -0.320. The third-order valence-corrected chi connectivity index (χ3v) is 5.81. The number of hydrazine groups is 1. The summed E-state index contributed by atoms with van der Waals surface area (Å²) < 4.78 is 6.65. The van der Waals surface area contributed by atoms with Crippen molar-refractivity contribution in [3.8, 4) is 0 Å². The molecule has 2 fully saturated rings. The molecule has 2 aliphatic carbocycles. The molecule has 3 rings (SSSR count). The predicted octanol–water partition coefficient (Wildman–Crippen LogP) is 4.15. The normalized spacial score (nSPS) is 32.8. The molecular formula is C15H23BrN2O. The van der Waals surface area contributed by atoms with E-state index >= 15 is 0 Å². The molecule has 1 aromatic heterocycles. The molecule has 0 aromatic carbocycles. The first-order chi connectivity index (χ1) is 9.29. The molecule has 1 heterocycles. The summed E-state index contributed by atoms with van der Waals surface area (Å²) in [5.41, 5.74) is 2.99. The van der Waals surface area contributed by atoms with Crippen molar-refractivity contribution in [3.05, 3.63) is 22.6 Å². The lowest BCUT2D eigenvalue weighted by Gasteiger charge is -2.41. The van der Waals surface area contributed by atoms with Gasteiger partial charge in [0, 0.05) is 0 Å². The monoisotopic (exact) mass is 326 g/mol. The van der Waals surface area contributed by atoms with Crippen molar-refractivity contribution in [1.29, 1.82) is 0 Å². The summed E-state index contributed by atoms with van der Waals surface area (Å²) >= 11 is 3.55. The second-order valence-electron chi connectivity index (χ2n) is 6.15. The Labute approximate surface area is 123 Å². The van der Waals surface area contributed by atoms with E-state index in [1.165, 1.54) is 44.9 Å². The molecule has 2 saturated carbocycles. The van der Waals surface area contributed by atoms with Gasteiger partial charge in [0.1, 0.15) is 5.76 Å². The minimum Gasteiger partial charge on any atom is -0.466 e. The van der Waals surface area contributed by atoms with Crippen molar-refractivity contribution in [1.82, 2.24) is 5.43 Å². The standard InChI is InChI=1S/C15H23BrN2O/c16-13-7-8-19-15(13)14(18-17)12-6-5-10-3-1-2-4-11(10)9-12/h7-8,10-12,14,18H,1-6,9,17H2. The molecule has 0 radical (unpaired) electrons. The van der Waals surface area contributed by atoms with Gasteiger partial charge in [0.05, 0.1) is 16.8 Å². The van der Waals surface area contributed by atoms with E-state index in [0.29, 0.717) is 5.92 Å². The summed E-state index contributed by atoms with van der Waals surface area (Å²) in [4.78, 5) is 0. The van der Waals surface area contributed by atoms with Crippen LogP contribution in [-0.2, 0) is 0 Å². The summed E-state index contributed by atoms with van der Waals surface area (Å²) in [6.07, 6.45) is 11.4. The zero-order chi connectivity index (χ0) is 13.2. The van der Waals surface area contributed by atoms with E-state index in [9.17, 15) is 0 Å². The van der Waals surface area contributed by atoms with Crippen LogP contribution < -0.4 is 11.3 Å². The molecule has 4 heteroatoms. The molecule has 19 heavy (non-hydrogen) atoms. The van der Waals surface area contributed by atoms with Gasteiger partial charge in [-0.05, 0) is 59.0 Å². The van der Waals surface area contributed by atoms with Gasteiger partial charge in [-0.15, -0.1) is 0 Å². The summed E-state index contributed by atoms with van der Waals surface area (Å²) in [7, 11) is 0. The van der Waals surface area contributed by atoms with Crippen LogP contribution >= 0.6 is 15.9 Å². The Kier molecular flexibility index (Phi) is 4.30. The average Bonchev–Trinajstić information content (AvgIpc) is 2.86. The average molecular weight is 327 g/mol. The van der Waals surface area contributed by atoms with Gasteiger partial charge in [-0.25, -0.2) is 5.43 Å². The van der Waals surface area contributed by atoms with Crippen molar-refractivity contribution in [2.45, 2.75) is 51.0 Å². The number of furan rings is 1. The van der Waals surface area contributed by atoms with Gasteiger partial charge in [-0.3, -0.25) is 5.84 Å². The highest BCUT2D eigenvalue weighted by atomic mass is 79.9. The third-order valence-electron chi connectivity index (χ3n) is 5.16. The zero-order valence-corrected chi connectivity index (χ0v) is 12.9. The minimum atomic E-state index is 0.146. The van der Waals surface area contributed by atoms with Crippen molar-refractivity contribution in [2.24, 2.45) is 23.6 Å². The lowest BCUT2D eigenvalue weighted by molar-refractivity contribution is 0.104. The van der Waals surface area contributed by atoms with Gasteiger partial charge < -0.3 is 4.42 Å². The van der Waals surface area contributed by atoms with Crippen molar-refractivity contribution in [2.75, 3.05) is 0 Å². The molecule has 3 nitrogen and oxygen atoms in total. The topological polar surface area (TPSA) is 51.2 Å². The Bertz CT molecular complexity index is 420. The summed E-state index contributed by atoms with van der Waals surface area (Å²) in [6.45, 7) is 0. The van der Waals surface area contributed by atoms with Crippen LogP contribution in [0.2, 0.25) is 0 Å². The van der Waals surface area contributed by atoms with Crippen LogP contribution in [0, 0.1) is 17.8 Å². The second kappa shape index (κ2) is 5.98. The van der Waals surface area contributed by atoms with Crippen molar-refractivity contribution in [3.63, 3.8) is 0 Å². The van der Waals surface area contributed by atoms with E-state index in [4.69, 9.17) is 10.3 Å². The number of hydrogen-bond acceptors (Lipinski definition) is 3. The zero-order valence-electron chi connectivity index (χ0n) is 11.3. The maximum Gasteiger partial charge on any atom is 0.136 e. The largest absolute Gasteiger partial charge is 0.466 e. The van der Waals surface area contributed by atoms with Gasteiger partial charge in [-0.1, -0.05) is 25.7 Å². The molecular weight excluding hydrogens is 304 g/mol. The van der Waals surface area contributed by atoms with E-state index in [2.05, 4.69) is 21.4 Å². The van der Waals surface area contributed by atoms with E-state index < -0.39 is 0 Å². The molecule has 4 atom stereocenters. The van der Waals surface area contributed by atoms with Gasteiger partial charge in [0.25, 0.3) is 0 Å². The van der Waals surface area contributed by atoms with E-state index in [-0.39, 0.29) is 6.04 Å². The van der Waals surface area contributed by atoms with Crippen molar-refractivity contribution < 1.29 is 4.42 Å². The highest BCUT2D eigenvalue weighted by Crippen LogP contribution is 2.46. The smallest absolute Gasteiger partial charge is 0.136 e. The fourth-order valence-corrected chi connectivity index (χ4v) is 4.61. The lowest BCUT2D eigenvalue weighted by atomic mass is 9.66. The van der Waals surface area contributed by atoms with Gasteiger partial charge in [0.2, 0.25) is 0 Å².